The molecule has 3 aliphatic heterocycles. The molecule has 3 aromatic rings. The van der Waals surface area contributed by atoms with E-state index in [9.17, 15) is 4.79 Å². The number of aryl methyl sites for hydroxylation is 1. The van der Waals surface area contributed by atoms with Gasteiger partial charge < -0.3 is 19.1 Å². The van der Waals surface area contributed by atoms with Gasteiger partial charge in [0.1, 0.15) is 23.8 Å². The summed E-state index contributed by atoms with van der Waals surface area (Å²) in [6.07, 6.45) is 1.05. The molecule has 1 N–H and O–H groups in total. The summed E-state index contributed by atoms with van der Waals surface area (Å²) in [7, 11) is 0. The molecular formula is C28H33ClFN5O4. The van der Waals surface area contributed by atoms with E-state index >= 15 is 4.39 Å². The summed E-state index contributed by atoms with van der Waals surface area (Å²) in [5.41, 5.74) is 3.35. The predicted octanol–water partition coefficient (Wildman–Crippen LogP) is 4.69. The Balaban J connectivity index is 1.33. The largest absolute Gasteiger partial charge is 0.490 e. The molecule has 2 saturated heterocycles. The van der Waals surface area contributed by atoms with Gasteiger partial charge in [-0.05, 0) is 45.4 Å². The second kappa shape index (κ2) is 9.92. The lowest BCUT2D eigenvalue weighted by molar-refractivity contribution is -0.00154. The number of carbonyl (C=O) groups is 1. The fourth-order valence-electron chi connectivity index (χ4n) is 5.60. The summed E-state index contributed by atoms with van der Waals surface area (Å²) in [5.74, 6) is 0.0523. The Labute approximate surface area is 231 Å². The number of hydrogen-bond donors (Lipinski definition) is 1. The number of piperazine rings is 1. The van der Waals surface area contributed by atoms with E-state index in [4.69, 9.17) is 25.8 Å². The van der Waals surface area contributed by atoms with Gasteiger partial charge in [0.15, 0.2) is 6.35 Å². The van der Waals surface area contributed by atoms with Crippen molar-refractivity contribution in [3.05, 3.63) is 46.5 Å². The highest BCUT2D eigenvalue weighted by Gasteiger charge is 2.36. The van der Waals surface area contributed by atoms with Crippen molar-refractivity contribution in [2.24, 2.45) is 0 Å². The Morgan fingerprint density at radius 1 is 1.26 bits per heavy atom. The van der Waals surface area contributed by atoms with Crippen molar-refractivity contribution in [3.63, 3.8) is 0 Å². The molecule has 0 saturated carbocycles. The number of rotatable bonds is 2. The first-order chi connectivity index (χ1) is 18.6. The molecule has 4 heterocycles. The Morgan fingerprint density at radius 3 is 2.82 bits per heavy atom. The summed E-state index contributed by atoms with van der Waals surface area (Å²) in [5, 5.41) is 3.52. The number of amides is 1. The molecule has 2 fully saturated rings. The van der Waals surface area contributed by atoms with Crippen LogP contribution in [-0.4, -0.2) is 76.5 Å². The maximum absolute atomic E-state index is 15.9. The Bertz CT molecular complexity index is 1430. The average Bonchev–Trinajstić information content (AvgIpc) is 3.50. The second-order valence-electron chi connectivity index (χ2n) is 11.4. The van der Waals surface area contributed by atoms with Crippen LogP contribution >= 0.6 is 11.6 Å². The Morgan fingerprint density at radius 2 is 2.08 bits per heavy atom. The van der Waals surface area contributed by atoms with Gasteiger partial charge in [-0.3, -0.25) is 14.8 Å². The molecule has 9 nitrogen and oxygen atoms in total. The minimum Gasteiger partial charge on any atom is -0.490 e. The highest BCUT2D eigenvalue weighted by Crippen LogP contribution is 2.45. The molecule has 0 aliphatic carbocycles. The predicted molar refractivity (Wildman–Crippen MR) is 145 cm³/mol. The van der Waals surface area contributed by atoms with E-state index in [1.54, 1.807) is 11.2 Å². The van der Waals surface area contributed by atoms with Gasteiger partial charge in [-0.25, -0.2) is 14.2 Å². The van der Waals surface area contributed by atoms with Crippen LogP contribution in [0, 0.1) is 12.7 Å². The minimum absolute atomic E-state index is 0.0685. The van der Waals surface area contributed by atoms with Crippen LogP contribution in [0.1, 0.15) is 38.2 Å². The molecule has 6 rings (SSSR count). The van der Waals surface area contributed by atoms with E-state index in [1.807, 2.05) is 44.4 Å². The van der Waals surface area contributed by atoms with Gasteiger partial charge in [0.2, 0.25) is 0 Å². The Hall–Kier alpha value is -2.92. The van der Waals surface area contributed by atoms with E-state index < -0.39 is 11.4 Å². The summed E-state index contributed by atoms with van der Waals surface area (Å²) in [6.45, 7) is 11.3. The third-order valence-corrected chi connectivity index (χ3v) is 7.81. The third-order valence-electron chi connectivity index (χ3n) is 7.45. The molecule has 0 radical (unpaired) electrons. The van der Waals surface area contributed by atoms with Gasteiger partial charge >= 0.3 is 6.09 Å². The first kappa shape index (κ1) is 26.3. The minimum atomic E-state index is -0.566. The standard InChI is InChI=1S/C28H33ClFN5O4/c1-16-5-6-20-24(32-15-35(20)26-31-7-10-37-26)21(16)22-19(30)11-17-12-33-8-9-34(27(36)39-28(2,3)4)13-18(33)14-38-25(17)23(22)29/h5-6,11,15,18,26,31H,7-10,12-14H2,1-4H3/t18-,26?/m1/s1. The highest BCUT2D eigenvalue weighted by molar-refractivity contribution is 6.35. The number of fused-ring (bicyclic) bond motifs is 3. The molecule has 0 spiro atoms. The van der Waals surface area contributed by atoms with Crippen LogP contribution in [0.25, 0.3) is 22.2 Å². The van der Waals surface area contributed by atoms with Crippen molar-refractivity contribution >= 4 is 28.7 Å². The molecule has 0 bridgehead atoms. The van der Waals surface area contributed by atoms with Crippen molar-refractivity contribution in [2.45, 2.75) is 52.2 Å². The zero-order valence-corrected chi connectivity index (χ0v) is 23.3. The van der Waals surface area contributed by atoms with Crippen molar-refractivity contribution in [1.29, 1.82) is 0 Å². The van der Waals surface area contributed by atoms with Crippen LogP contribution in [0.15, 0.2) is 24.5 Å². The maximum atomic E-state index is 15.9. The van der Waals surface area contributed by atoms with E-state index in [1.165, 1.54) is 6.07 Å². The molecule has 11 heteroatoms. The monoisotopic (exact) mass is 557 g/mol. The summed E-state index contributed by atoms with van der Waals surface area (Å²) in [4.78, 5) is 21.2. The molecular weight excluding hydrogens is 525 g/mol. The lowest BCUT2D eigenvalue weighted by Crippen LogP contribution is -2.56. The molecule has 1 aromatic heterocycles. The average molecular weight is 558 g/mol. The van der Waals surface area contributed by atoms with E-state index in [-0.39, 0.29) is 29.1 Å². The number of halogens is 2. The van der Waals surface area contributed by atoms with Crippen LogP contribution < -0.4 is 10.1 Å². The quantitative estimate of drug-likeness (QED) is 0.489. The number of aromatic nitrogens is 2. The van der Waals surface area contributed by atoms with Crippen molar-refractivity contribution in [2.75, 3.05) is 39.4 Å². The van der Waals surface area contributed by atoms with Crippen molar-refractivity contribution in [1.82, 2.24) is 24.7 Å². The number of benzene rings is 2. The zero-order valence-electron chi connectivity index (χ0n) is 22.6. The van der Waals surface area contributed by atoms with E-state index in [0.29, 0.717) is 61.8 Å². The van der Waals surface area contributed by atoms with Gasteiger partial charge in [0, 0.05) is 49.4 Å². The summed E-state index contributed by atoms with van der Waals surface area (Å²) >= 11 is 6.95. The van der Waals surface area contributed by atoms with Crippen LogP contribution in [0.2, 0.25) is 5.02 Å². The van der Waals surface area contributed by atoms with Crippen molar-refractivity contribution in [3.8, 4) is 16.9 Å². The molecule has 2 aromatic carbocycles. The summed E-state index contributed by atoms with van der Waals surface area (Å²) < 4.78 is 35.4. The number of ether oxygens (including phenoxy) is 3. The van der Waals surface area contributed by atoms with Crippen LogP contribution in [-0.2, 0) is 16.0 Å². The topological polar surface area (TPSA) is 81.1 Å². The van der Waals surface area contributed by atoms with Gasteiger partial charge in [0.05, 0.1) is 35.0 Å². The van der Waals surface area contributed by atoms with Gasteiger partial charge in [-0.15, -0.1) is 0 Å². The first-order valence-electron chi connectivity index (χ1n) is 13.3. The van der Waals surface area contributed by atoms with Crippen molar-refractivity contribution < 1.29 is 23.4 Å². The fraction of sp³-hybridized carbons (Fsp3) is 0.500. The number of hydrogen-bond acceptors (Lipinski definition) is 7. The van der Waals surface area contributed by atoms with Gasteiger partial charge in [0.25, 0.3) is 0 Å². The molecule has 3 aliphatic rings. The smallest absolute Gasteiger partial charge is 0.410 e. The molecule has 208 valence electrons. The molecule has 1 amide bonds. The number of imidazole rings is 1. The van der Waals surface area contributed by atoms with Gasteiger partial charge in [-0.2, -0.15) is 0 Å². The summed E-state index contributed by atoms with van der Waals surface area (Å²) in [6, 6.07) is 5.36. The SMILES string of the molecule is Cc1ccc2c(ncn2C2NCCO2)c1-c1c(F)cc2c(c1Cl)OC[C@H]1CN(C(=O)OC(C)(C)C)CCN1C2. The van der Waals surface area contributed by atoms with Crippen LogP contribution in [0.5, 0.6) is 5.75 Å². The maximum Gasteiger partial charge on any atom is 0.410 e. The number of nitrogens with zero attached hydrogens (tertiary/aromatic N) is 4. The normalized spacial score (nSPS) is 21.8. The molecule has 1 unspecified atom stereocenters. The lowest BCUT2D eigenvalue weighted by Gasteiger charge is -2.40. The highest BCUT2D eigenvalue weighted by atomic mass is 35.5. The second-order valence-corrected chi connectivity index (χ2v) is 11.7. The number of carbonyl (C=O) groups excluding carboxylic acids is 1. The Kier molecular flexibility index (Phi) is 6.69. The van der Waals surface area contributed by atoms with Crippen LogP contribution in [0.3, 0.4) is 0 Å². The lowest BCUT2D eigenvalue weighted by atomic mass is 9.96. The van der Waals surface area contributed by atoms with Gasteiger partial charge in [-0.1, -0.05) is 17.7 Å². The molecule has 2 atom stereocenters. The first-order valence-corrected chi connectivity index (χ1v) is 13.7. The molecule has 39 heavy (non-hydrogen) atoms. The van der Waals surface area contributed by atoms with E-state index in [0.717, 1.165) is 17.6 Å². The fourth-order valence-corrected chi connectivity index (χ4v) is 5.96. The third kappa shape index (κ3) is 4.84. The van der Waals surface area contributed by atoms with E-state index in [2.05, 4.69) is 15.2 Å². The number of nitrogens with one attached hydrogen (secondary N) is 1. The zero-order chi connectivity index (χ0) is 27.5. The van der Waals surface area contributed by atoms with Crippen LogP contribution in [0.4, 0.5) is 9.18 Å².